The van der Waals surface area contributed by atoms with Gasteiger partial charge in [-0.15, -0.1) is 0 Å². The van der Waals surface area contributed by atoms with Gasteiger partial charge in [-0.2, -0.15) is 0 Å². The van der Waals surface area contributed by atoms with Gasteiger partial charge in [-0.1, -0.05) is 121 Å². The molecule has 0 fully saturated rings. The van der Waals surface area contributed by atoms with Crippen LogP contribution in [0.5, 0.6) is 0 Å². The van der Waals surface area contributed by atoms with Crippen molar-refractivity contribution >= 4 is 65.2 Å². The molecule has 8 aromatic carbocycles. The standard InChI is InChI=1S/C44H28N2/c1-3-13-29(14-4-1)38-28-34(25-32-17-9-10-20-35(32)38)46-42-27-31-16-8-7-15-30(31)26-39(42)36-23-24-41-43(44(36)46)37-21-11-12-22-40(37)45(41)33-18-5-2-6-19-33/h1-28H. The van der Waals surface area contributed by atoms with Crippen LogP contribution in [0.25, 0.3) is 87.7 Å². The highest BCUT2D eigenvalue weighted by molar-refractivity contribution is 6.27. The summed E-state index contributed by atoms with van der Waals surface area (Å²) in [5.74, 6) is 0. The van der Waals surface area contributed by atoms with Crippen molar-refractivity contribution in [1.82, 2.24) is 9.13 Å². The maximum absolute atomic E-state index is 2.53. The number of hydrogen-bond acceptors (Lipinski definition) is 0. The molecule has 2 aromatic heterocycles. The first-order chi connectivity index (χ1) is 22.8. The van der Waals surface area contributed by atoms with Crippen LogP contribution in [-0.2, 0) is 0 Å². The van der Waals surface area contributed by atoms with Crippen LogP contribution in [0.2, 0.25) is 0 Å². The van der Waals surface area contributed by atoms with Gasteiger partial charge in [-0.3, -0.25) is 0 Å². The van der Waals surface area contributed by atoms with Gasteiger partial charge in [0.1, 0.15) is 0 Å². The SMILES string of the molecule is c1ccc(-c2cc(-n3c4cc5ccccc5cc4c4ccc5c(c6ccccc6n5-c5ccccc5)c43)cc3ccccc23)cc1. The third kappa shape index (κ3) is 3.59. The Morgan fingerprint density at radius 1 is 0.326 bits per heavy atom. The van der Waals surface area contributed by atoms with E-state index in [1.807, 2.05) is 0 Å². The molecule has 10 aromatic rings. The molecular weight excluding hydrogens is 556 g/mol. The predicted octanol–water partition coefficient (Wildman–Crippen LogP) is 11.9. The van der Waals surface area contributed by atoms with Gasteiger partial charge in [0.05, 0.1) is 22.1 Å². The molecule has 0 aliphatic carbocycles. The molecule has 2 nitrogen and oxygen atoms in total. The van der Waals surface area contributed by atoms with E-state index < -0.39 is 0 Å². The summed E-state index contributed by atoms with van der Waals surface area (Å²) in [5, 5.41) is 10.0. The Bertz CT molecular complexity index is 2780. The number of para-hydroxylation sites is 2. The van der Waals surface area contributed by atoms with Gasteiger partial charge in [0, 0.05) is 32.9 Å². The van der Waals surface area contributed by atoms with Crippen LogP contribution in [0.1, 0.15) is 0 Å². The molecular formula is C44H28N2. The van der Waals surface area contributed by atoms with E-state index >= 15 is 0 Å². The van der Waals surface area contributed by atoms with Crippen molar-refractivity contribution < 1.29 is 0 Å². The number of rotatable bonds is 3. The molecule has 0 aliphatic heterocycles. The molecule has 0 spiro atoms. The Labute approximate surface area is 266 Å². The largest absolute Gasteiger partial charge is 0.309 e. The summed E-state index contributed by atoms with van der Waals surface area (Å²) in [7, 11) is 0. The van der Waals surface area contributed by atoms with Crippen LogP contribution in [0.3, 0.4) is 0 Å². The molecule has 0 atom stereocenters. The topological polar surface area (TPSA) is 9.86 Å². The zero-order chi connectivity index (χ0) is 30.2. The third-order valence-corrected chi connectivity index (χ3v) is 9.63. The van der Waals surface area contributed by atoms with Crippen LogP contribution >= 0.6 is 0 Å². The lowest BCUT2D eigenvalue weighted by atomic mass is 9.97. The van der Waals surface area contributed by atoms with E-state index in [1.54, 1.807) is 0 Å². The van der Waals surface area contributed by atoms with E-state index in [0.717, 1.165) is 5.69 Å². The Morgan fingerprint density at radius 3 is 1.78 bits per heavy atom. The minimum absolute atomic E-state index is 1.16. The van der Waals surface area contributed by atoms with Gasteiger partial charge in [0.15, 0.2) is 0 Å². The van der Waals surface area contributed by atoms with Crippen molar-refractivity contribution in [3.8, 4) is 22.5 Å². The highest BCUT2D eigenvalue weighted by Crippen LogP contribution is 2.44. The second kappa shape index (κ2) is 9.69. The van der Waals surface area contributed by atoms with Crippen LogP contribution in [0, 0.1) is 0 Å². The summed E-state index contributed by atoms with van der Waals surface area (Å²) in [6, 6.07) is 62.0. The summed E-state index contributed by atoms with van der Waals surface area (Å²) >= 11 is 0. The maximum Gasteiger partial charge on any atom is 0.0641 e. The zero-order valence-corrected chi connectivity index (χ0v) is 25.1. The van der Waals surface area contributed by atoms with E-state index in [0.29, 0.717) is 0 Å². The number of benzene rings is 8. The van der Waals surface area contributed by atoms with Gasteiger partial charge in [0.25, 0.3) is 0 Å². The lowest BCUT2D eigenvalue weighted by molar-refractivity contribution is 1.18. The summed E-state index contributed by atoms with van der Waals surface area (Å²) in [4.78, 5) is 0. The van der Waals surface area contributed by atoms with E-state index in [9.17, 15) is 0 Å². The van der Waals surface area contributed by atoms with Crippen molar-refractivity contribution in [2.24, 2.45) is 0 Å². The number of nitrogens with zero attached hydrogens (tertiary/aromatic N) is 2. The summed E-state index contributed by atoms with van der Waals surface area (Å²) < 4.78 is 4.94. The van der Waals surface area contributed by atoms with Gasteiger partial charge in [-0.25, -0.2) is 0 Å². The van der Waals surface area contributed by atoms with Crippen LogP contribution < -0.4 is 0 Å². The minimum atomic E-state index is 1.16. The lowest BCUT2D eigenvalue weighted by Gasteiger charge is -2.15. The van der Waals surface area contributed by atoms with Gasteiger partial charge in [-0.05, 0) is 81.2 Å². The lowest BCUT2D eigenvalue weighted by Crippen LogP contribution is -1.97. The smallest absolute Gasteiger partial charge is 0.0641 e. The van der Waals surface area contributed by atoms with Crippen LogP contribution in [0.15, 0.2) is 170 Å². The number of hydrogen-bond donors (Lipinski definition) is 0. The molecule has 0 saturated heterocycles. The van der Waals surface area contributed by atoms with E-state index in [-0.39, 0.29) is 0 Å². The average Bonchev–Trinajstić information content (AvgIpc) is 3.63. The van der Waals surface area contributed by atoms with Crippen molar-refractivity contribution in [1.29, 1.82) is 0 Å². The molecule has 0 amide bonds. The zero-order valence-electron chi connectivity index (χ0n) is 25.1. The molecule has 2 heterocycles. The molecule has 0 bridgehead atoms. The van der Waals surface area contributed by atoms with Crippen molar-refractivity contribution in [3.63, 3.8) is 0 Å². The van der Waals surface area contributed by atoms with Crippen molar-refractivity contribution in [2.45, 2.75) is 0 Å². The Kier molecular flexibility index (Phi) is 5.31. The molecule has 0 aliphatic rings. The van der Waals surface area contributed by atoms with Gasteiger partial charge < -0.3 is 9.13 Å². The first kappa shape index (κ1) is 25.2. The van der Waals surface area contributed by atoms with Crippen molar-refractivity contribution in [2.75, 3.05) is 0 Å². The summed E-state index contributed by atoms with van der Waals surface area (Å²) in [6.45, 7) is 0. The van der Waals surface area contributed by atoms with E-state index in [4.69, 9.17) is 0 Å². The Morgan fingerprint density at radius 2 is 0.978 bits per heavy atom. The summed E-state index contributed by atoms with van der Waals surface area (Å²) in [6.07, 6.45) is 0. The second-order valence-corrected chi connectivity index (χ2v) is 12.2. The molecule has 214 valence electrons. The predicted molar refractivity (Wildman–Crippen MR) is 196 cm³/mol. The molecule has 10 rings (SSSR count). The molecule has 0 N–H and O–H groups in total. The van der Waals surface area contributed by atoms with E-state index in [1.165, 1.54) is 82.0 Å². The molecule has 0 unspecified atom stereocenters. The Hall–Kier alpha value is -6.12. The fourth-order valence-corrected chi connectivity index (χ4v) is 7.65. The van der Waals surface area contributed by atoms with Crippen LogP contribution in [-0.4, -0.2) is 9.13 Å². The Balaban J connectivity index is 1.44. The third-order valence-electron chi connectivity index (χ3n) is 9.63. The van der Waals surface area contributed by atoms with Gasteiger partial charge >= 0.3 is 0 Å². The molecule has 46 heavy (non-hydrogen) atoms. The fourth-order valence-electron chi connectivity index (χ4n) is 7.65. The molecule has 0 saturated carbocycles. The normalized spacial score (nSPS) is 11.9. The van der Waals surface area contributed by atoms with Gasteiger partial charge in [0.2, 0.25) is 0 Å². The number of aromatic nitrogens is 2. The second-order valence-electron chi connectivity index (χ2n) is 12.2. The van der Waals surface area contributed by atoms with Crippen LogP contribution in [0.4, 0.5) is 0 Å². The highest BCUT2D eigenvalue weighted by atomic mass is 15.0. The molecule has 0 radical (unpaired) electrons. The first-order valence-electron chi connectivity index (χ1n) is 15.9. The average molecular weight is 585 g/mol. The number of fused-ring (bicyclic) bond motifs is 9. The van der Waals surface area contributed by atoms with Crippen molar-refractivity contribution in [3.05, 3.63) is 170 Å². The quantitative estimate of drug-likeness (QED) is 0.195. The first-order valence-corrected chi connectivity index (χ1v) is 15.9. The highest BCUT2D eigenvalue weighted by Gasteiger charge is 2.22. The minimum Gasteiger partial charge on any atom is -0.309 e. The summed E-state index contributed by atoms with van der Waals surface area (Å²) in [5.41, 5.74) is 9.66. The van der Waals surface area contributed by atoms with E-state index in [2.05, 4.69) is 179 Å². The maximum atomic E-state index is 2.53. The molecule has 2 heteroatoms. The fraction of sp³-hybridized carbons (Fsp3) is 0. The monoisotopic (exact) mass is 584 g/mol.